The lowest BCUT2D eigenvalue weighted by Gasteiger charge is -2.25. The summed E-state index contributed by atoms with van der Waals surface area (Å²) in [5.74, 6) is -0.717. The largest absolute Gasteiger partial charge is 0.490 e. The molecule has 146 valence electrons. The van der Waals surface area contributed by atoms with Gasteiger partial charge in [-0.15, -0.1) is 0 Å². The van der Waals surface area contributed by atoms with Crippen LogP contribution in [0.3, 0.4) is 0 Å². The summed E-state index contributed by atoms with van der Waals surface area (Å²) in [6.45, 7) is 3.20. The van der Waals surface area contributed by atoms with Gasteiger partial charge in [-0.05, 0) is 44.0 Å². The molecular formula is C21H22FN3O3. The molecule has 1 aromatic heterocycles. The van der Waals surface area contributed by atoms with Gasteiger partial charge < -0.3 is 19.4 Å². The van der Waals surface area contributed by atoms with Crippen LogP contribution in [0.2, 0.25) is 0 Å². The predicted octanol–water partition coefficient (Wildman–Crippen LogP) is 4.08. The second-order valence-electron chi connectivity index (χ2n) is 6.71. The van der Waals surface area contributed by atoms with Crippen LogP contribution in [0.1, 0.15) is 30.1 Å². The van der Waals surface area contributed by atoms with E-state index in [1.165, 1.54) is 12.1 Å². The Kier molecular flexibility index (Phi) is 5.14. The van der Waals surface area contributed by atoms with Gasteiger partial charge >= 0.3 is 0 Å². The van der Waals surface area contributed by atoms with Gasteiger partial charge in [-0.3, -0.25) is 4.79 Å². The Morgan fingerprint density at radius 3 is 3.00 bits per heavy atom. The van der Waals surface area contributed by atoms with Crippen LogP contribution in [0, 0.1) is 5.82 Å². The molecule has 2 aromatic carbocycles. The first kappa shape index (κ1) is 18.3. The Labute approximate surface area is 162 Å². The van der Waals surface area contributed by atoms with Crippen LogP contribution < -0.4 is 10.1 Å². The Morgan fingerprint density at radius 1 is 1.32 bits per heavy atom. The number of nitrogens with zero attached hydrogens (tertiary/aromatic N) is 2. The van der Waals surface area contributed by atoms with Crippen LogP contribution in [0.25, 0.3) is 11.1 Å². The minimum Gasteiger partial charge on any atom is -0.490 e. The summed E-state index contributed by atoms with van der Waals surface area (Å²) in [6.07, 6.45) is 1.75. The molecule has 0 aliphatic carbocycles. The van der Waals surface area contributed by atoms with E-state index in [4.69, 9.17) is 9.15 Å². The lowest BCUT2D eigenvalue weighted by atomic mass is 10.1. The smallest absolute Gasteiger partial charge is 0.295 e. The fourth-order valence-electron chi connectivity index (χ4n) is 3.59. The van der Waals surface area contributed by atoms with Gasteiger partial charge in [0.05, 0.1) is 12.2 Å². The number of aromatic nitrogens is 1. The second-order valence-corrected chi connectivity index (χ2v) is 6.71. The highest BCUT2D eigenvalue weighted by molar-refractivity contribution is 5.97. The first-order chi connectivity index (χ1) is 13.7. The van der Waals surface area contributed by atoms with Crippen molar-refractivity contribution in [3.63, 3.8) is 0 Å². The average Bonchev–Trinajstić information content (AvgIpc) is 3.33. The highest BCUT2D eigenvalue weighted by Gasteiger charge is 2.31. The van der Waals surface area contributed by atoms with E-state index in [2.05, 4.69) is 10.3 Å². The third-order valence-electron chi connectivity index (χ3n) is 4.91. The zero-order chi connectivity index (χ0) is 19.5. The van der Waals surface area contributed by atoms with Gasteiger partial charge in [-0.25, -0.2) is 4.39 Å². The van der Waals surface area contributed by atoms with Crippen molar-refractivity contribution >= 4 is 23.0 Å². The van der Waals surface area contributed by atoms with E-state index in [1.54, 1.807) is 17.9 Å². The van der Waals surface area contributed by atoms with E-state index in [9.17, 15) is 9.18 Å². The molecule has 1 fully saturated rings. The Morgan fingerprint density at radius 2 is 2.18 bits per heavy atom. The van der Waals surface area contributed by atoms with E-state index in [-0.39, 0.29) is 23.3 Å². The summed E-state index contributed by atoms with van der Waals surface area (Å²) in [7, 11) is 0. The Hall–Kier alpha value is -3.09. The lowest BCUT2D eigenvalue weighted by Crippen LogP contribution is -2.39. The SMILES string of the molecule is CCOc1c(F)cccc1C(=O)N1CCC[C@@H]1CNc1nc2ccccc2o1. The standard InChI is InChI=1S/C21H22FN3O3/c1-2-27-19-15(8-5-9-16(19)22)20(26)25-12-6-7-14(25)13-23-21-24-17-10-3-4-11-18(17)28-21/h3-5,8-11,14H,2,6-7,12-13H2,1H3,(H,23,24)/t14-/m1/s1. The summed E-state index contributed by atoms with van der Waals surface area (Å²) in [4.78, 5) is 19.2. The number of benzene rings is 2. The van der Waals surface area contributed by atoms with E-state index in [0.29, 0.717) is 31.3 Å². The summed E-state index contributed by atoms with van der Waals surface area (Å²) < 4.78 is 25.2. The maximum atomic E-state index is 14.1. The highest BCUT2D eigenvalue weighted by Crippen LogP contribution is 2.28. The molecule has 7 heteroatoms. The molecule has 6 nitrogen and oxygen atoms in total. The molecule has 1 aliphatic heterocycles. The van der Waals surface area contributed by atoms with Gasteiger partial charge in [0.25, 0.3) is 11.9 Å². The number of anilines is 1. The topological polar surface area (TPSA) is 67.6 Å². The number of carbonyl (C=O) groups is 1. The number of hydrogen-bond donors (Lipinski definition) is 1. The molecule has 3 aromatic rings. The molecule has 1 N–H and O–H groups in total. The van der Waals surface area contributed by atoms with Gasteiger partial charge in [0.2, 0.25) is 0 Å². The second kappa shape index (κ2) is 7.88. The molecule has 0 unspecified atom stereocenters. The van der Waals surface area contributed by atoms with Crippen molar-refractivity contribution in [3.05, 3.63) is 53.8 Å². The molecule has 0 spiro atoms. The normalized spacial score (nSPS) is 16.5. The highest BCUT2D eigenvalue weighted by atomic mass is 19.1. The van der Waals surface area contributed by atoms with Crippen LogP contribution in [0.15, 0.2) is 46.9 Å². The van der Waals surface area contributed by atoms with Crippen LogP contribution >= 0.6 is 0 Å². The number of nitrogens with one attached hydrogen (secondary N) is 1. The van der Waals surface area contributed by atoms with Gasteiger partial charge in [-0.2, -0.15) is 4.98 Å². The number of halogens is 1. The number of fused-ring (bicyclic) bond motifs is 1. The van der Waals surface area contributed by atoms with Gasteiger partial charge in [-0.1, -0.05) is 18.2 Å². The zero-order valence-corrected chi connectivity index (χ0v) is 15.7. The molecule has 1 aliphatic rings. The van der Waals surface area contributed by atoms with Gasteiger partial charge in [0, 0.05) is 19.1 Å². The number of rotatable bonds is 6. The summed E-state index contributed by atoms with van der Waals surface area (Å²) in [5, 5.41) is 3.19. The molecular weight excluding hydrogens is 361 g/mol. The number of carbonyl (C=O) groups excluding carboxylic acids is 1. The van der Waals surface area contributed by atoms with Crippen molar-refractivity contribution in [2.75, 3.05) is 25.0 Å². The lowest BCUT2D eigenvalue weighted by molar-refractivity contribution is 0.0738. The van der Waals surface area contributed by atoms with E-state index < -0.39 is 5.82 Å². The van der Waals surface area contributed by atoms with Gasteiger partial charge in [0.1, 0.15) is 5.52 Å². The van der Waals surface area contributed by atoms with Crippen molar-refractivity contribution in [2.45, 2.75) is 25.8 Å². The first-order valence-electron chi connectivity index (χ1n) is 9.49. The molecule has 28 heavy (non-hydrogen) atoms. The van der Waals surface area contributed by atoms with E-state index in [1.807, 2.05) is 24.3 Å². The number of hydrogen-bond acceptors (Lipinski definition) is 5. The van der Waals surface area contributed by atoms with Crippen molar-refractivity contribution in [1.29, 1.82) is 0 Å². The minimum atomic E-state index is -0.520. The quantitative estimate of drug-likeness (QED) is 0.695. The predicted molar refractivity (Wildman–Crippen MR) is 104 cm³/mol. The number of likely N-dealkylation sites (tertiary alicyclic amines) is 1. The maximum absolute atomic E-state index is 14.1. The third kappa shape index (κ3) is 3.52. The minimum absolute atomic E-state index is 0.0209. The van der Waals surface area contributed by atoms with Gasteiger partial charge in [0.15, 0.2) is 17.1 Å². The number of para-hydroxylation sites is 3. The van der Waals surface area contributed by atoms with E-state index in [0.717, 1.165) is 18.4 Å². The van der Waals surface area contributed by atoms with Crippen molar-refractivity contribution in [2.24, 2.45) is 0 Å². The maximum Gasteiger partial charge on any atom is 0.295 e. The molecule has 0 radical (unpaired) electrons. The number of oxazole rings is 1. The average molecular weight is 383 g/mol. The Bertz CT molecular complexity index is 955. The zero-order valence-electron chi connectivity index (χ0n) is 15.7. The number of amides is 1. The fourth-order valence-corrected chi connectivity index (χ4v) is 3.59. The Balaban J connectivity index is 1.49. The van der Waals surface area contributed by atoms with Crippen molar-refractivity contribution < 1.29 is 18.3 Å². The van der Waals surface area contributed by atoms with Crippen LogP contribution in [0.5, 0.6) is 5.75 Å². The molecule has 1 atom stereocenters. The molecule has 2 heterocycles. The molecule has 1 saturated heterocycles. The van der Waals surface area contributed by atoms with Crippen LogP contribution in [0.4, 0.5) is 10.4 Å². The number of ether oxygens (including phenoxy) is 1. The van der Waals surface area contributed by atoms with Crippen molar-refractivity contribution in [3.8, 4) is 5.75 Å². The molecule has 1 amide bonds. The molecule has 4 rings (SSSR count). The third-order valence-corrected chi connectivity index (χ3v) is 4.91. The monoisotopic (exact) mass is 383 g/mol. The summed E-state index contributed by atoms with van der Waals surface area (Å²) in [6, 6.07) is 12.4. The first-order valence-corrected chi connectivity index (χ1v) is 9.49. The molecule has 0 saturated carbocycles. The summed E-state index contributed by atoms with van der Waals surface area (Å²) in [5.41, 5.74) is 1.76. The molecule has 0 bridgehead atoms. The van der Waals surface area contributed by atoms with Crippen LogP contribution in [-0.2, 0) is 0 Å². The van der Waals surface area contributed by atoms with Crippen LogP contribution in [-0.4, -0.2) is 41.5 Å². The fraction of sp³-hybridized carbons (Fsp3) is 0.333. The van der Waals surface area contributed by atoms with E-state index >= 15 is 0 Å². The summed E-state index contributed by atoms with van der Waals surface area (Å²) >= 11 is 0. The van der Waals surface area contributed by atoms with Crippen molar-refractivity contribution in [1.82, 2.24) is 9.88 Å².